The Morgan fingerprint density at radius 1 is 1.33 bits per heavy atom. The highest BCUT2D eigenvalue weighted by Crippen LogP contribution is 2.15. The Morgan fingerprint density at radius 3 is 2.72 bits per heavy atom. The van der Waals surface area contributed by atoms with Crippen LogP contribution in [0.1, 0.15) is 12.8 Å². The highest BCUT2D eigenvalue weighted by Gasteiger charge is 2.18. The Morgan fingerprint density at radius 2 is 2.06 bits per heavy atom. The van der Waals surface area contributed by atoms with Crippen LogP contribution in [0.5, 0.6) is 0 Å². The summed E-state index contributed by atoms with van der Waals surface area (Å²) < 4.78 is 0.934. The van der Waals surface area contributed by atoms with E-state index in [1.807, 2.05) is 29.2 Å². The van der Waals surface area contributed by atoms with Crippen LogP contribution in [-0.2, 0) is 9.59 Å². The van der Waals surface area contributed by atoms with Crippen molar-refractivity contribution in [1.29, 1.82) is 0 Å². The number of amides is 1. The first-order valence-corrected chi connectivity index (χ1v) is 6.72. The largest absolute Gasteiger partial charge is 0.325 e. The zero-order valence-electron chi connectivity index (χ0n) is 9.99. The van der Waals surface area contributed by atoms with E-state index in [-0.39, 0.29) is 5.91 Å². The molecule has 0 unspecified atom stereocenters. The van der Waals surface area contributed by atoms with Gasteiger partial charge in [-0.15, -0.1) is 0 Å². The van der Waals surface area contributed by atoms with E-state index in [9.17, 15) is 9.59 Å². The van der Waals surface area contributed by atoms with Crippen LogP contribution in [0.3, 0.4) is 0 Å². The number of benzene rings is 1. The molecule has 18 heavy (non-hydrogen) atoms. The number of carbonyl (C=O) groups is 2. The fraction of sp³-hybridized carbons (Fsp3) is 0.385. The van der Waals surface area contributed by atoms with Crippen molar-refractivity contribution in [3.63, 3.8) is 0 Å². The van der Waals surface area contributed by atoms with Crippen LogP contribution in [0.4, 0.5) is 5.69 Å². The molecule has 96 valence electrons. The number of ketones is 1. The first-order chi connectivity index (χ1) is 8.63. The smallest absolute Gasteiger partial charge is 0.238 e. The number of carbonyl (C=O) groups excluding carboxylic acids is 2. The van der Waals surface area contributed by atoms with Crippen LogP contribution < -0.4 is 5.32 Å². The fourth-order valence-corrected chi connectivity index (χ4v) is 2.33. The molecular formula is C13H15BrN2O2. The summed E-state index contributed by atoms with van der Waals surface area (Å²) in [7, 11) is 0. The maximum atomic E-state index is 11.8. The topological polar surface area (TPSA) is 49.4 Å². The van der Waals surface area contributed by atoms with Gasteiger partial charge in [-0.2, -0.15) is 0 Å². The van der Waals surface area contributed by atoms with Crippen molar-refractivity contribution in [2.45, 2.75) is 12.8 Å². The van der Waals surface area contributed by atoms with E-state index in [0.717, 1.165) is 10.2 Å². The molecule has 0 radical (unpaired) electrons. The maximum absolute atomic E-state index is 11.8. The van der Waals surface area contributed by atoms with E-state index < -0.39 is 0 Å². The van der Waals surface area contributed by atoms with Gasteiger partial charge in [-0.25, -0.2) is 0 Å². The van der Waals surface area contributed by atoms with Gasteiger partial charge in [0, 0.05) is 36.1 Å². The van der Waals surface area contributed by atoms with Crippen molar-refractivity contribution in [3.05, 3.63) is 28.7 Å². The summed E-state index contributed by atoms with van der Waals surface area (Å²) in [6.07, 6.45) is 1.12. The highest BCUT2D eigenvalue weighted by atomic mass is 79.9. The Balaban J connectivity index is 1.83. The Bertz CT molecular complexity index is 452. The van der Waals surface area contributed by atoms with Crippen molar-refractivity contribution in [2.75, 3.05) is 25.0 Å². The Kier molecular flexibility index (Phi) is 4.49. The first-order valence-electron chi connectivity index (χ1n) is 5.93. The monoisotopic (exact) mass is 310 g/mol. The lowest BCUT2D eigenvalue weighted by molar-refractivity contribution is -0.124. The summed E-state index contributed by atoms with van der Waals surface area (Å²) in [6, 6.07) is 7.49. The van der Waals surface area contributed by atoms with Crippen molar-refractivity contribution < 1.29 is 9.59 Å². The molecule has 0 atom stereocenters. The zero-order chi connectivity index (χ0) is 13.0. The average Bonchev–Trinajstić information content (AvgIpc) is 2.32. The van der Waals surface area contributed by atoms with E-state index in [0.29, 0.717) is 38.3 Å². The molecule has 4 nitrogen and oxygen atoms in total. The summed E-state index contributed by atoms with van der Waals surface area (Å²) in [5.74, 6) is 0.251. The Hall–Kier alpha value is -1.20. The molecule has 0 aliphatic carbocycles. The third-order valence-corrected chi connectivity index (χ3v) is 3.38. The fourth-order valence-electron chi connectivity index (χ4n) is 1.93. The molecule has 0 aromatic heterocycles. The van der Waals surface area contributed by atoms with Crippen molar-refractivity contribution in [3.8, 4) is 0 Å². The molecule has 0 bridgehead atoms. The zero-order valence-corrected chi connectivity index (χ0v) is 11.6. The molecule has 1 amide bonds. The molecule has 1 aliphatic heterocycles. The molecule has 1 N–H and O–H groups in total. The summed E-state index contributed by atoms with van der Waals surface area (Å²) in [4.78, 5) is 24.9. The second-order valence-corrected chi connectivity index (χ2v) is 5.29. The van der Waals surface area contributed by atoms with Gasteiger partial charge in [0.15, 0.2) is 0 Å². The van der Waals surface area contributed by atoms with Crippen LogP contribution in [0.15, 0.2) is 28.7 Å². The van der Waals surface area contributed by atoms with E-state index in [2.05, 4.69) is 21.2 Å². The third kappa shape index (κ3) is 3.92. The molecule has 1 aliphatic rings. The number of likely N-dealkylation sites (tertiary alicyclic amines) is 1. The van der Waals surface area contributed by atoms with E-state index in [1.54, 1.807) is 0 Å². The van der Waals surface area contributed by atoms with Gasteiger partial charge in [-0.1, -0.05) is 22.0 Å². The molecule has 5 heteroatoms. The number of Topliss-reactive ketones (excluding diaryl/α,β-unsaturated/α-hetero) is 1. The minimum atomic E-state index is -0.0394. The van der Waals surface area contributed by atoms with Gasteiger partial charge in [-0.3, -0.25) is 14.5 Å². The van der Waals surface area contributed by atoms with E-state index in [1.165, 1.54) is 0 Å². The number of piperidine rings is 1. The molecule has 1 aromatic carbocycles. The minimum Gasteiger partial charge on any atom is -0.325 e. The van der Waals surface area contributed by atoms with Crippen LogP contribution in [0.25, 0.3) is 0 Å². The lowest BCUT2D eigenvalue weighted by Gasteiger charge is -2.24. The number of rotatable bonds is 3. The SMILES string of the molecule is O=C1CCN(CC(=O)Nc2cccc(Br)c2)CC1. The molecule has 2 rings (SSSR count). The third-order valence-electron chi connectivity index (χ3n) is 2.89. The predicted octanol–water partition coefficient (Wildman–Crippen LogP) is 2.05. The molecule has 1 fully saturated rings. The first kappa shape index (κ1) is 13.2. The molecule has 0 saturated carbocycles. The van der Waals surface area contributed by atoms with Gasteiger partial charge in [0.2, 0.25) is 5.91 Å². The van der Waals surface area contributed by atoms with Crippen LogP contribution >= 0.6 is 15.9 Å². The standard InChI is InChI=1S/C13H15BrN2O2/c14-10-2-1-3-11(8-10)15-13(18)9-16-6-4-12(17)5-7-16/h1-3,8H,4-7,9H2,(H,15,18). The number of hydrogen-bond acceptors (Lipinski definition) is 3. The lowest BCUT2D eigenvalue weighted by Crippen LogP contribution is -2.39. The molecule has 1 saturated heterocycles. The molecule has 1 aromatic rings. The quantitative estimate of drug-likeness (QED) is 0.929. The van der Waals surface area contributed by atoms with E-state index in [4.69, 9.17) is 0 Å². The number of hydrogen-bond donors (Lipinski definition) is 1. The van der Waals surface area contributed by atoms with Crippen LogP contribution in [0.2, 0.25) is 0 Å². The minimum absolute atomic E-state index is 0.0394. The van der Waals surface area contributed by atoms with Gasteiger partial charge in [0.25, 0.3) is 0 Å². The van der Waals surface area contributed by atoms with Gasteiger partial charge in [0.05, 0.1) is 6.54 Å². The maximum Gasteiger partial charge on any atom is 0.238 e. The van der Waals surface area contributed by atoms with Crippen LogP contribution in [0, 0.1) is 0 Å². The summed E-state index contributed by atoms with van der Waals surface area (Å²) >= 11 is 3.36. The van der Waals surface area contributed by atoms with Crippen molar-refractivity contribution in [1.82, 2.24) is 4.90 Å². The number of halogens is 1. The number of nitrogens with one attached hydrogen (secondary N) is 1. The molecule has 1 heterocycles. The van der Waals surface area contributed by atoms with Gasteiger partial charge >= 0.3 is 0 Å². The lowest BCUT2D eigenvalue weighted by atomic mass is 10.1. The van der Waals surface area contributed by atoms with Crippen molar-refractivity contribution >= 4 is 33.3 Å². The van der Waals surface area contributed by atoms with E-state index >= 15 is 0 Å². The Labute approximate surface area is 114 Å². The number of anilines is 1. The average molecular weight is 311 g/mol. The highest BCUT2D eigenvalue weighted by molar-refractivity contribution is 9.10. The molecule has 0 spiro atoms. The van der Waals surface area contributed by atoms with Crippen LogP contribution in [-0.4, -0.2) is 36.2 Å². The van der Waals surface area contributed by atoms with Gasteiger partial charge < -0.3 is 5.32 Å². The van der Waals surface area contributed by atoms with Crippen molar-refractivity contribution in [2.24, 2.45) is 0 Å². The summed E-state index contributed by atoms with van der Waals surface area (Å²) in [5.41, 5.74) is 0.780. The normalized spacial score (nSPS) is 16.6. The summed E-state index contributed by atoms with van der Waals surface area (Å²) in [5, 5.41) is 2.85. The summed E-state index contributed by atoms with van der Waals surface area (Å²) in [6.45, 7) is 1.72. The van der Waals surface area contributed by atoms with Gasteiger partial charge in [0.1, 0.15) is 5.78 Å². The molecular weight excluding hydrogens is 296 g/mol. The number of nitrogens with zero attached hydrogens (tertiary/aromatic N) is 1. The predicted molar refractivity (Wildman–Crippen MR) is 73.5 cm³/mol. The second kappa shape index (κ2) is 6.11. The second-order valence-electron chi connectivity index (χ2n) is 4.37. The van der Waals surface area contributed by atoms with Gasteiger partial charge in [-0.05, 0) is 18.2 Å².